The number of urea groups is 1. The first-order valence-corrected chi connectivity index (χ1v) is 6.14. The topological polar surface area (TPSA) is 78.4 Å². The summed E-state index contributed by atoms with van der Waals surface area (Å²) in [4.78, 5) is 22.6. The first kappa shape index (κ1) is 14.5. The average Bonchev–Trinajstić information content (AvgIpc) is 2.43. The monoisotopic (exact) mass is 288 g/mol. The molecule has 3 N–H and O–H groups in total. The van der Waals surface area contributed by atoms with Crippen LogP contribution in [-0.4, -0.2) is 17.1 Å². The molecule has 0 aromatic heterocycles. The summed E-state index contributed by atoms with van der Waals surface area (Å²) in [7, 11) is 0. The molecule has 2 rings (SSSR count). The number of hydrogen-bond donors (Lipinski definition) is 3. The van der Waals surface area contributed by atoms with Gasteiger partial charge in [-0.25, -0.2) is 14.0 Å². The first-order valence-electron chi connectivity index (χ1n) is 6.14. The van der Waals surface area contributed by atoms with Crippen LogP contribution in [0.2, 0.25) is 0 Å². The highest BCUT2D eigenvalue weighted by atomic mass is 19.1. The van der Waals surface area contributed by atoms with Crippen molar-refractivity contribution in [1.82, 2.24) is 0 Å². The summed E-state index contributed by atoms with van der Waals surface area (Å²) in [6.45, 7) is 1.67. The number of nitrogens with one attached hydrogen (secondary N) is 2. The normalized spacial score (nSPS) is 10.0. The number of aryl methyl sites for hydroxylation is 1. The van der Waals surface area contributed by atoms with Crippen LogP contribution in [0.3, 0.4) is 0 Å². The largest absolute Gasteiger partial charge is 0.478 e. The Kier molecular flexibility index (Phi) is 4.18. The molecular formula is C15H13FN2O3. The number of carbonyl (C=O) groups excluding carboxylic acids is 1. The van der Waals surface area contributed by atoms with Crippen LogP contribution in [0.25, 0.3) is 0 Å². The Balaban J connectivity index is 2.10. The smallest absolute Gasteiger partial charge is 0.335 e. The molecule has 21 heavy (non-hydrogen) atoms. The Morgan fingerprint density at radius 1 is 1.05 bits per heavy atom. The Labute approximate surface area is 120 Å². The minimum Gasteiger partial charge on any atom is -0.478 e. The Morgan fingerprint density at radius 2 is 1.71 bits per heavy atom. The molecule has 2 amide bonds. The Bertz CT molecular complexity index is 701. The van der Waals surface area contributed by atoms with Gasteiger partial charge < -0.3 is 15.7 Å². The van der Waals surface area contributed by atoms with Gasteiger partial charge in [0.1, 0.15) is 5.82 Å². The molecule has 0 saturated heterocycles. The minimum atomic E-state index is -1.04. The zero-order chi connectivity index (χ0) is 15.4. The van der Waals surface area contributed by atoms with E-state index < -0.39 is 17.8 Å². The molecule has 0 radical (unpaired) electrons. The summed E-state index contributed by atoms with van der Waals surface area (Å²) < 4.78 is 13.4. The standard InChI is InChI=1S/C15H13FN2O3/c1-9-8-10(14(19)20)6-7-12(9)17-15(21)18-13-5-3-2-4-11(13)16/h2-8H,1H3,(H,19,20)(H2,17,18,21). The third-order valence-electron chi connectivity index (χ3n) is 2.84. The van der Waals surface area contributed by atoms with E-state index in [0.717, 1.165) is 0 Å². The molecule has 0 aliphatic rings. The van der Waals surface area contributed by atoms with E-state index in [0.29, 0.717) is 11.3 Å². The zero-order valence-corrected chi connectivity index (χ0v) is 11.2. The van der Waals surface area contributed by atoms with E-state index in [9.17, 15) is 14.0 Å². The summed E-state index contributed by atoms with van der Waals surface area (Å²) >= 11 is 0. The summed E-state index contributed by atoms with van der Waals surface area (Å²) in [5.41, 5.74) is 1.25. The van der Waals surface area contributed by atoms with Crippen LogP contribution in [0.15, 0.2) is 42.5 Å². The van der Waals surface area contributed by atoms with Gasteiger partial charge in [-0.3, -0.25) is 0 Å². The fourth-order valence-corrected chi connectivity index (χ4v) is 1.78. The molecule has 0 fully saturated rings. The van der Waals surface area contributed by atoms with Gasteiger partial charge in [0.15, 0.2) is 0 Å². The van der Waals surface area contributed by atoms with Gasteiger partial charge in [-0.1, -0.05) is 12.1 Å². The molecule has 0 aliphatic heterocycles. The molecule has 6 heteroatoms. The van der Waals surface area contributed by atoms with Gasteiger partial charge in [0.05, 0.1) is 11.3 Å². The van der Waals surface area contributed by atoms with E-state index in [1.54, 1.807) is 13.0 Å². The van der Waals surface area contributed by atoms with Crippen molar-refractivity contribution in [2.24, 2.45) is 0 Å². The van der Waals surface area contributed by atoms with E-state index >= 15 is 0 Å². The summed E-state index contributed by atoms with van der Waals surface area (Å²) in [5.74, 6) is -1.58. The number of carboxylic acid groups (broad SMARTS) is 1. The van der Waals surface area contributed by atoms with Crippen molar-refractivity contribution >= 4 is 23.4 Å². The van der Waals surface area contributed by atoms with E-state index in [2.05, 4.69) is 10.6 Å². The number of para-hydroxylation sites is 1. The summed E-state index contributed by atoms with van der Waals surface area (Å²) in [5, 5.41) is 13.8. The molecule has 2 aromatic carbocycles. The van der Waals surface area contributed by atoms with Crippen molar-refractivity contribution in [3.63, 3.8) is 0 Å². The van der Waals surface area contributed by atoms with Crippen molar-refractivity contribution < 1.29 is 19.1 Å². The summed E-state index contributed by atoms with van der Waals surface area (Å²) in [6.07, 6.45) is 0. The van der Waals surface area contributed by atoms with Crippen molar-refractivity contribution in [1.29, 1.82) is 0 Å². The number of amides is 2. The van der Waals surface area contributed by atoms with E-state index in [1.165, 1.54) is 36.4 Å². The third-order valence-corrected chi connectivity index (χ3v) is 2.84. The van der Waals surface area contributed by atoms with Crippen LogP contribution in [-0.2, 0) is 0 Å². The molecule has 0 unspecified atom stereocenters. The first-order chi connectivity index (χ1) is 9.97. The number of rotatable bonds is 3. The number of carboxylic acids is 1. The predicted molar refractivity (Wildman–Crippen MR) is 77.2 cm³/mol. The second-order valence-corrected chi connectivity index (χ2v) is 4.39. The number of aromatic carboxylic acids is 1. The van der Waals surface area contributed by atoms with Crippen molar-refractivity contribution in [3.05, 3.63) is 59.4 Å². The zero-order valence-electron chi connectivity index (χ0n) is 11.2. The minimum absolute atomic E-state index is 0.0646. The van der Waals surface area contributed by atoms with Gasteiger partial charge in [-0.05, 0) is 42.8 Å². The van der Waals surface area contributed by atoms with E-state index in [4.69, 9.17) is 5.11 Å². The number of anilines is 2. The molecule has 108 valence electrons. The fourth-order valence-electron chi connectivity index (χ4n) is 1.78. The quantitative estimate of drug-likeness (QED) is 0.809. The lowest BCUT2D eigenvalue weighted by Gasteiger charge is -2.11. The van der Waals surface area contributed by atoms with Crippen LogP contribution in [0.4, 0.5) is 20.6 Å². The number of carbonyl (C=O) groups is 2. The number of benzene rings is 2. The molecule has 0 saturated carbocycles. The molecule has 0 spiro atoms. The molecule has 5 nitrogen and oxygen atoms in total. The lowest BCUT2D eigenvalue weighted by molar-refractivity contribution is 0.0697. The SMILES string of the molecule is Cc1cc(C(=O)O)ccc1NC(=O)Nc1ccccc1F. The van der Waals surface area contributed by atoms with Gasteiger partial charge in [-0.15, -0.1) is 0 Å². The number of hydrogen-bond acceptors (Lipinski definition) is 2. The maximum Gasteiger partial charge on any atom is 0.335 e. The lowest BCUT2D eigenvalue weighted by atomic mass is 10.1. The molecule has 0 heterocycles. The predicted octanol–water partition coefficient (Wildman–Crippen LogP) is 3.48. The second kappa shape index (κ2) is 6.04. The molecule has 0 bridgehead atoms. The third kappa shape index (κ3) is 3.56. The van der Waals surface area contributed by atoms with Crippen LogP contribution in [0.5, 0.6) is 0 Å². The van der Waals surface area contributed by atoms with Crippen molar-refractivity contribution in [2.75, 3.05) is 10.6 Å². The van der Waals surface area contributed by atoms with Gasteiger partial charge in [0, 0.05) is 5.69 Å². The molecule has 0 aliphatic carbocycles. The highest BCUT2D eigenvalue weighted by molar-refractivity contribution is 6.00. The molecule has 0 atom stereocenters. The second-order valence-electron chi connectivity index (χ2n) is 4.39. The van der Waals surface area contributed by atoms with Crippen molar-refractivity contribution in [3.8, 4) is 0 Å². The van der Waals surface area contributed by atoms with Crippen LogP contribution >= 0.6 is 0 Å². The number of halogens is 1. The van der Waals surface area contributed by atoms with Gasteiger partial charge in [-0.2, -0.15) is 0 Å². The van der Waals surface area contributed by atoms with Crippen LogP contribution < -0.4 is 10.6 Å². The molecule has 2 aromatic rings. The fraction of sp³-hybridized carbons (Fsp3) is 0.0667. The van der Waals surface area contributed by atoms with Crippen molar-refractivity contribution in [2.45, 2.75) is 6.92 Å². The highest BCUT2D eigenvalue weighted by Crippen LogP contribution is 2.18. The maximum atomic E-state index is 13.4. The average molecular weight is 288 g/mol. The Hall–Kier alpha value is -2.89. The summed E-state index contributed by atoms with van der Waals surface area (Å²) in [6, 6.07) is 9.51. The van der Waals surface area contributed by atoms with Gasteiger partial charge >= 0.3 is 12.0 Å². The van der Waals surface area contributed by atoms with Gasteiger partial charge in [0.25, 0.3) is 0 Å². The molecular weight excluding hydrogens is 275 g/mol. The lowest BCUT2D eigenvalue weighted by Crippen LogP contribution is -2.20. The maximum absolute atomic E-state index is 13.4. The highest BCUT2D eigenvalue weighted by Gasteiger charge is 2.09. The Morgan fingerprint density at radius 3 is 2.33 bits per heavy atom. The van der Waals surface area contributed by atoms with Gasteiger partial charge in [0.2, 0.25) is 0 Å². The van der Waals surface area contributed by atoms with E-state index in [1.807, 2.05) is 0 Å². The van der Waals surface area contributed by atoms with E-state index in [-0.39, 0.29) is 11.3 Å². The van der Waals surface area contributed by atoms with Crippen LogP contribution in [0.1, 0.15) is 15.9 Å². The van der Waals surface area contributed by atoms with Crippen LogP contribution in [0, 0.1) is 12.7 Å².